The van der Waals surface area contributed by atoms with Crippen molar-refractivity contribution < 1.29 is 9.59 Å². The molecule has 1 aliphatic rings. The first-order valence-corrected chi connectivity index (χ1v) is 7.84. The number of piperidine rings is 1. The lowest BCUT2D eigenvalue weighted by Gasteiger charge is -2.31. The molecular formula is C18H21N3O2. The van der Waals surface area contributed by atoms with Gasteiger partial charge in [-0.2, -0.15) is 5.26 Å². The van der Waals surface area contributed by atoms with Gasteiger partial charge in [0.2, 0.25) is 11.8 Å². The van der Waals surface area contributed by atoms with E-state index < -0.39 is 0 Å². The predicted molar refractivity (Wildman–Crippen MR) is 88.0 cm³/mol. The van der Waals surface area contributed by atoms with Crippen LogP contribution >= 0.6 is 0 Å². The van der Waals surface area contributed by atoms with E-state index in [1.54, 1.807) is 6.08 Å². The van der Waals surface area contributed by atoms with Gasteiger partial charge in [0, 0.05) is 25.7 Å². The molecule has 120 valence electrons. The normalized spacial score (nSPS) is 15.3. The van der Waals surface area contributed by atoms with E-state index in [1.165, 1.54) is 0 Å². The molecule has 0 bridgehead atoms. The molecule has 1 saturated heterocycles. The molecule has 1 aliphatic heterocycles. The maximum atomic E-state index is 12.2. The standard InChI is InChI=1S/C18H21N3O2/c19-11-8-17(22)20-14-16-9-12-21(13-10-16)18(23)7-6-15-4-2-1-3-5-15/h1-7,16H,8-10,12-14H2,(H,20,22)/b7-6+. The molecule has 0 atom stereocenters. The van der Waals surface area contributed by atoms with E-state index in [4.69, 9.17) is 5.26 Å². The van der Waals surface area contributed by atoms with Crippen LogP contribution in [0.3, 0.4) is 0 Å². The first-order valence-electron chi connectivity index (χ1n) is 7.84. The van der Waals surface area contributed by atoms with Crippen LogP contribution in [0.4, 0.5) is 0 Å². The van der Waals surface area contributed by atoms with Crippen molar-refractivity contribution in [3.8, 4) is 6.07 Å². The summed E-state index contributed by atoms with van der Waals surface area (Å²) in [6, 6.07) is 11.6. The Morgan fingerprint density at radius 3 is 2.61 bits per heavy atom. The van der Waals surface area contributed by atoms with Gasteiger partial charge in [-0.25, -0.2) is 0 Å². The highest BCUT2D eigenvalue weighted by Gasteiger charge is 2.21. The summed E-state index contributed by atoms with van der Waals surface area (Å²) in [6.07, 6.45) is 5.10. The van der Waals surface area contributed by atoms with Gasteiger partial charge in [-0.15, -0.1) is 0 Å². The third kappa shape index (κ3) is 5.59. The average molecular weight is 311 g/mol. The second-order valence-electron chi connectivity index (χ2n) is 5.65. The molecule has 1 fully saturated rings. The lowest BCUT2D eigenvalue weighted by molar-refractivity contribution is -0.127. The maximum absolute atomic E-state index is 12.2. The summed E-state index contributed by atoms with van der Waals surface area (Å²) in [4.78, 5) is 25.3. The summed E-state index contributed by atoms with van der Waals surface area (Å²) < 4.78 is 0. The quantitative estimate of drug-likeness (QED) is 0.845. The molecule has 1 N–H and O–H groups in total. The van der Waals surface area contributed by atoms with Gasteiger partial charge in [0.15, 0.2) is 0 Å². The Bertz CT molecular complexity index is 596. The average Bonchev–Trinajstić information content (AvgIpc) is 2.59. The lowest BCUT2D eigenvalue weighted by Crippen LogP contribution is -2.40. The Morgan fingerprint density at radius 1 is 1.26 bits per heavy atom. The van der Waals surface area contributed by atoms with Gasteiger partial charge in [-0.05, 0) is 30.4 Å². The van der Waals surface area contributed by atoms with Crippen molar-refractivity contribution in [1.82, 2.24) is 10.2 Å². The number of nitrogens with one attached hydrogen (secondary N) is 1. The van der Waals surface area contributed by atoms with Crippen LogP contribution in [0.15, 0.2) is 36.4 Å². The Balaban J connectivity index is 1.73. The molecule has 1 aromatic carbocycles. The number of likely N-dealkylation sites (tertiary alicyclic amines) is 1. The van der Waals surface area contributed by atoms with Gasteiger partial charge in [-0.1, -0.05) is 30.3 Å². The molecule has 5 heteroatoms. The van der Waals surface area contributed by atoms with Crippen LogP contribution in [0, 0.1) is 17.2 Å². The van der Waals surface area contributed by atoms with Crippen LogP contribution in [0.25, 0.3) is 6.08 Å². The molecule has 0 saturated carbocycles. The summed E-state index contributed by atoms with van der Waals surface area (Å²) >= 11 is 0. The number of benzene rings is 1. The number of nitriles is 1. The van der Waals surface area contributed by atoms with Crippen molar-refractivity contribution in [1.29, 1.82) is 5.26 Å². The van der Waals surface area contributed by atoms with Crippen molar-refractivity contribution in [2.75, 3.05) is 19.6 Å². The van der Waals surface area contributed by atoms with E-state index in [9.17, 15) is 9.59 Å². The molecule has 0 aromatic heterocycles. The maximum Gasteiger partial charge on any atom is 0.246 e. The molecule has 5 nitrogen and oxygen atoms in total. The van der Waals surface area contributed by atoms with Crippen molar-refractivity contribution in [2.45, 2.75) is 19.3 Å². The highest BCUT2D eigenvalue weighted by Crippen LogP contribution is 2.17. The number of amides is 2. The second kappa shape index (κ2) is 8.74. The molecule has 2 amide bonds. The van der Waals surface area contributed by atoms with Gasteiger partial charge < -0.3 is 10.2 Å². The molecule has 23 heavy (non-hydrogen) atoms. The van der Waals surface area contributed by atoms with Gasteiger partial charge in [-0.3, -0.25) is 9.59 Å². The van der Waals surface area contributed by atoms with Crippen LogP contribution in [-0.2, 0) is 9.59 Å². The van der Waals surface area contributed by atoms with Crippen LogP contribution in [0.1, 0.15) is 24.8 Å². The largest absolute Gasteiger partial charge is 0.355 e. The van der Waals surface area contributed by atoms with Crippen LogP contribution in [0.2, 0.25) is 0 Å². The van der Waals surface area contributed by atoms with Crippen molar-refractivity contribution in [2.24, 2.45) is 5.92 Å². The third-order valence-electron chi connectivity index (χ3n) is 3.97. The highest BCUT2D eigenvalue weighted by molar-refractivity contribution is 5.91. The summed E-state index contributed by atoms with van der Waals surface area (Å²) in [5.41, 5.74) is 1.01. The van der Waals surface area contributed by atoms with Crippen LogP contribution in [0.5, 0.6) is 0 Å². The van der Waals surface area contributed by atoms with E-state index in [-0.39, 0.29) is 18.2 Å². The minimum Gasteiger partial charge on any atom is -0.355 e. The first-order chi connectivity index (χ1) is 11.2. The van der Waals surface area contributed by atoms with E-state index in [0.29, 0.717) is 25.6 Å². The smallest absolute Gasteiger partial charge is 0.246 e. The fourth-order valence-electron chi connectivity index (χ4n) is 2.59. The Hall–Kier alpha value is -2.61. The molecule has 0 radical (unpaired) electrons. The van der Waals surface area contributed by atoms with Crippen LogP contribution < -0.4 is 5.32 Å². The number of carbonyl (C=O) groups excluding carboxylic acids is 2. The number of hydrogen-bond donors (Lipinski definition) is 1. The zero-order valence-corrected chi connectivity index (χ0v) is 13.1. The summed E-state index contributed by atoms with van der Waals surface area (Å²) in [5, 5.41) is 11.2. The number of rotatable bonds is 5. The van der Waals surface area contributed by atoms with Gasteiger partial charge in [0.1, 0.15) is 6.42 Å². The van der Waals surface area contributed by atoms with Gasteiger partial charge in [0.25, 0.3) is 0 Å². The van der Waals surface area contributed by atoms with E-state index >= 15 is 0 Å². The molecule has 0 spiro atoms. The Kier molecular flexibility index (Phi) is 6.37. The zero-order chi connectivity index (χ0) is 16.5. The van der Waals surface area contributed by atoms with E-state index in [0.717, 1.165) is 18.4 Å². The Morgan fingerprint density at radius 2 is 1.96 bits per heavy atom. The monoisotopic (exact) mass is 311 g/mol. The van der Waals surface area contributed by atoms with E-state index in [1.807, 2.05) is 47.4 Å². The number of hydrogen-bond acceptors (Lipinski definition) is 3. The topological polar surface area (TPSA) is 73.2 Å². The van der Waals surface area contributed by atoms with Crippen molar-refractivity contribution in [3.63, 3.8) is 0 Å². The molecule has 1 heterocycles. The fourth-order valence-corrected chi connectivity index (χ4v) is 2.59. The SMILES string of the molecule is N#CCC(=O)NCC1CCN(C(=O)/C=C/c2ccccc2)CC1. The summed E-state index contributed by atoms with van der Waals surface area (Å²) in [5.74, 6) is 0.178. The molecular weight excluding hydrogens is 290 g/mol. The van der Waals surface area contributed by atoms with Gasteiger partial charge >= 0.3 is 0 Å². The predicted octanol–water partition coefficient (Wildman–Crippen LogP) is 1.97. The highest BCUT2D eigenvalue weighted by atomic mass is 16.2. The molecule has 1 aromatic rings. The van der Waals surface area contributed by atoms with E-state index in [2.05, 4.69) is 5.32 Å². The number of carbonyl (C=O) groups is 2. The second-order valence-corrected chi connectivity index (χ2v) is 5.65. The molecule has 2 rings (SSSR count). The van der Waals surface area contributed by atoms with Crippen LogP contribution in [-0.4, -0.2) is 36.3 Å². The Labute approximate surface area is 136 Å². The molecule has 0 aliphatic carbocycles. The minimum atomic E-state index is -0.225. The number of nitrogens with zero attached hydrogens (tertiary/aromatic N) is 2. The first kappa shape index (κ1) is 16.8. The fraction of sp³-hybridized carbons (Fsp3) is 0.389. The van der Waals surface area contributed by atoms with Crippen molar-refractivity contribution >= 4 is 17.9 Å². The van der Waals surface area contributed by atoms with Gasteiger partial charge in [0.05, 0.1) is 6.07 Å². The summed E-state index contributed by atoms with van der Waals surface area (Å²) in [6.45, 7) is 2.00. The lowest BCUT2D eigenvalue weighted by atomic mass is 9.96. The minimum absolute atomic E-state index is 0.0285. The van der Waals surface area contributed by atoms with Crippen molar-refractivity contribution in [3.05, 3.63) is 42.0 Å². The summed E-state index contributed by atoms with van der Waals surface area (Å²) in [7, 11) is 0. The third-order valence-corrected chi connectivity index (χ3v) is 3.97. The zero-order valence-electron chi connectivity index (χ0n) is 13.1. The molecule has 0 unspecified atom stereocenters.